The Morgan fingerprint density at radius 1 is 1.32 bits per heavy atom. The van der Waals surface area contributed by atoms with E-state index in [2.05, 4.69) is 4.98 Å². The number of aromatic nitrogens is 1. The molecule has 0 saturated carbocycles. The highest BCUT2D eigenvalue weighted by atomic mass is 16.5. The maximum Gasteiger partial charge on any atom is 0.145 e. The molecule has 1 heterocycles. The van der Waals surface area contributed by atoms with Gasteiger partial charge < -0.3 is 15.6 Å². The van der Waals surface area contributed by atoms with Crippen LogP contribution in [0, 0.1) is 0 Å². The van der Waals surface area contributed by atoms with Gasteiger partial charge in [0.05, 0.1) is 13.2 Å². The molecule has 0 fully saturated rings. The SMILES string of the molecule is CC(N)(CO)CCCOc1cccc2cccnc12. The second-order valence-electron chi connectivity index (χ2n) is 5.10. The van der Waals surface area contributed by atoms with E-state index < -0.39 is 5.54 Å². The van der Waals surface area contributed by atoms with E-state index >= 15 is 0 Å². The molecular weight excluding hydrogens is 240 g/mol. The molecule has 1 aromatic heterocycles. The van der Waals surface area contributed by atoms with Gasteiger partial charge in [0.1, 0.15) is 11.3 Å². The Morgan fingerprint density at radius 3 is 2.89 bits per heavy atom. The number of aliphatic hydroxyl groups excluding tert-OH is 1. The zero-order valence-electron chi connectivity index (χ0n) is 11.2. The molecule has 2 rings (SSSR count). The van der Waals surface area contributed by atoms with Crippen LogP contribution in [-0.4, -0.2) is 28.8 Å². The van der Waals surface area contributed by atoms with Gasteiger partial charge in [-0.3, -0.25) is 4.98 Å². The molecule has 2 aromatic rings. The van der Waals surface area contributed by atoms with E-state index in [9.17, 15) is 0 Å². The van der Waals surface area contributed by atoms with Gasteiger partial charge in [-0.25, -0.2) is 0 Å². The summed E-state index contributed by atoms with van der Waals surface area (Å²) in [6.07, 6.45) is 3.29. The van der Waals surface area contributed by atoms with Crippen molar-refractivity contribution in [2.75, 3.05) is 13.2 Å². The molecule has 3 N–H and O–H groups in total. The van der Waals surface area contributed by atoms with Crippen molar-refractivity contribution in [3.05, 3.63) is 36.5 Å². The van der Waals surface area contributed by atoms with E-state index in [1.807, 2.05) is 37.3 Å². The Bertz CT molecular complexity index is 535. The predicted octanol–water partition coefficient (Wildman–Crippen LogP) is 2.10. The third-order valence-corrected chi connectivity index (χ3v) is 3.11. The molecule has 0 aliphatic rings. The minimum Gasteiger partial charge on any atom is -0.491 e. The Labute approximate surface area is 113 Å². The summed E-state index contributed by atoms with van der Waals surface area (Å²) in [5.74, 6) is 0.792. The van der Waals surface area contributed by atoms with Crippen LogP contribution >= 0.6 is 0 Å². The first-order valence-electron chi connectivity index (χ1n) is 6.49. The van der Waals surface area contributed by atoms with E-state index in [0.29, 0.717) is 6.61 Å². The topological polar surface area (TPSA) is 68.4 Å². The number of nitrogens with two attached hydrogens (primary N) is 1. The number of pyridine rings is 1. The molecule has 0 spiro atoms. The highest BCUT2D eigenvalue weighted by Crippen LogP contribution is 2.23. The number of ether oxygens (including phenoxy) is 1. The van der Waals surface area contributed by atoms with Crippen LogP contribution < -0.4 is 10.5 Å². The van der Waals surface area contributed by atoms with Gasteiger partial charge in [0, 0.05) is 17.1 Å². The fourth-order valence-corrected chi connectivity index (χ4v) is 1.93. The zero-order chi connectivity index (χ0) is 13.7. The predicted molar refractivity (Wildman–Crippen MR) is 76.2 cm³/mol. The molecule has 0 amide bonds. The van der Waals surface area contributed by atoms with Crippen LogP contribution in [0.1, 0.15) is 19.8 Å². The lowest BCUT2D eigenvalue weighted by Crippen LogP contribution is -2.40. The van der Waals surface area contributed by atoms with Crippen molar-refractivity contribution >= 4 is 10.9 Å². The molecule has 4 heteroatoms. The molecule has 0 aliphatic heterocycles. The number of hydrogen-bond acceptors (Lipinski definition) is 4. The Hall–Kier alpha value is -1.65. The smallest absolute Gasteiger partial charge is 0.145 e. The third-order valence-electron chi connectivity index (χ3n) is 3.11. The van der Waals surface area contributed by atoms with Crippen LogP contribution in [0.2, 0.25) is 0 Å². The van der Waals surface area contributed by atoms with E-state index in [4.69, 9.17) is 15.6 Å². The summed E-state index contributed by atoms with van der Waals surface area (Å²) in [7, 11) is 0. The average Bonchev–Trinajstić information content (AvgIpc) is 2.44. The number of aliphatic hydroxyl groups is 1. The van der Waals surface area contributed by atoms with Crippen molar-refractivity contribution in [2.24, 2.45) is 5.73 Å². The Balaban J connectivity index is 1.95. The fourth-order valence-electron chi connectivity index (χ4n) is 1.93. The van der Waals surface area contributed by atoms with Crippen LogP contribution in [0.3, 0.4) is 0 Å². The van der Waals surface area contributed by atoms with Gasteiger partial charge >= 0.3 is 0 Å². The van der Waals surface area contributed by atoms with Crippen LogP contribution in [0.5, 0.6) is 5.75 Å². The zero-order valence-corrected chi connectivity index (χ0v) is 11.2. The lowest BCUT2D eigenvalue weighted by Gasteiger charge is -2.21. The second-order valence-corrected chi connectivity index (χ2v) is 5.10. The number of benzene rings is 1. The van der Waals surface area contributed by atoms with Gasteiger partial charge in [-0.05, 0) is 31.9 Å². The van der Waals surface area contributed by atoms with Gasteiger partial charge in [-0.15, -0.1) is 0 Å². The van der Waals surface area contributed by atoms with E-state index in [1.165, 1.54) is 0 Å². The normalized spacial score (nSPS) is 14.3. The summed E-state index contributed by atoms with van der Waals surface area (Å²) in [6.45, 7) is 2.40. The van der Waals surface area contributed by atoms with Gasteiger partial charge in [-0.2, -0.15) is 0 Å². The van der Waals surface area contributed by atoms with Crippen LogP contribution in [-0.2, 0) is 0 Å². The molecule has 0 saturated heterocycles. The van der Waals surface area contributed by atoms with Crippen molar-refractivity contribution in [2.45, 2.75) is 25.3 Å². The van der Waals surface area contributed by atoms with E-state index in [1.54, 1.807) is 6.20 Å². The number of rotatable bonds is 6. The highest BCUT2D eigenvalue weighted by Gasteiger charge is 2.16. The molecule has 1 atom stereocenters. The van der Waals surface area contributed by atoms with Crippen LogP contribution in [0.4, 0.5) is 0 Å². The van der Waals surface area contributed by atoms with Gasteiger partial charge in [0.2, 0.25) is 0 Å². The van der Waals surface area contributed by atoms with Crippen molar-refractivity contribution in [3.63, 3.8) is 0 Å². The molecule has 1 unspecified atom stereocenters. The number of fused-ring (bicyclic) bond motifs is 1. The van der Waals surface area contributed by atoms with Crippen LogP contribution in [0.15, 0.2) is 36.5 Å². The molecule has 0 aliphatic carbocycles. The summed E-state index contributed by atoms with van der Waals surface area (Å²) in [5, 5.41) is 10.1. The Morgan fingerprint density at radius 2 is 2.11 bits per heavy atom. The quantitative estimate of drug-likeness (QED) is 0.780. The first-order valence-corrected chi connectivity index (χ1v) is 6.49. The third kappa shape index (κ3) is 3.66. The highest BCUT2D eigenvalue weighted by molar-refractivity contribution is 5.84. The molecule has 0 radical (unpaired) electrons. The molecular formula is C15H20N2O2. The molecule has 0 bridgehead atoms. The number of hydrogen-bond donors (Lipinski definition) is 2. The average molecular weight is 260 g/mol. The van der Waals surface area contributed by atoms with Crippen molar-refractivity contribution in [1.29, 1.82) is 0 Å². The minimum atomic E-state index is -0.527. The van der Waals surface area contributed by atoms with Gasteiger partial charge in [0.15, 0.2) is 0 Å². The molecule has 19 heavy (non-hydrogen) atoms. The van der Waals surface area contributed by atoms with Gasteiger partial charge in [0.25, 0.3) is 0 Å². The number of nitrogens with zero attached hydrogens (tertiary/aromatic N) is 1. The second kappa shape index (κ2) is 5.99. The summed E-state index contributed by atoms with van der Waals surface area (Å²) in [6, 6.07) is 9.81. The van der Waals surface area contributed by atoms with Crippen LogP contribution in [0.25, 0.3) is 10.9 Å². The number of para-hydroxylation sites is 1. The lowest BCUT2D eigenvalue weighted by molar-refractivity contribution is 0.188. The summed E-state index contributed by atoms with van der Waals surface area (Å²) >= 11 is 0. The fraction of sp³-hybridized carbons (Fsp3) is 0.400. The van der Waals surface area contributed by atoms with Crippen molar-refractivity contribution < 1.29 is 9.84 Å². The monoisotopic (exact) mass is 260 g/mol. The molecule has 4 nitrogen and oxygen atoms in total. The van der Waals surface area contributed by atoms with E-state index in [0.717, 1.165) is 29.5 Å². The maximum atomic E-state index is 9.08. The first-order chi connectivity index (χ1) is 9.12. The largest absolute Gasteiger partial charge is 0.491 e. The summed E-state index contributed by atoms with van der Waals surface area (Å²) in [5.41, 5.74) is 6.22. The minimum absolute atomic E-state index is 0.0111. The maximum absolute atomic E-state index is 9.08. The summed E-state index contributed by atoms with van der Waals surface area (Å²) < 4.78 is 5.76. The standard InChI is InChI=1S/C15H20N2O2/c1-15(16,11-18)8-4-10-19-13-7-2-5-12-6-3-9-17-14(12)13/h2-3,5-7,9,18H,4,8,10-11,16H2,1H3. The van der Waals surface area contributed by atoms with Crippen molar-refractivity contribution in [1.82, 2.24) is 4.98 Å². The molecule has 1 aromatic carbocycles. The summed E-state index contributed by atoms with van der Waals surface area (Å²) in [4.78, 5) is 4.34. The van der Waals surface area contributed by atoms with Crippen molar-refractivity contribution in [3.8, 4) is 5.75 Å². The van der Waals surface area contributed by atoms with Gasteiger partial charge in [-0.1, -0.05) is 18.2 Å². The molecule has 102 valence electrons. The van der Waals surface area contributed by atoms with E-state index in [-0.39, 0.29) is 6.61 Å². The first kappa shape index (κ1) is 13.8. The lowest BCUT2D eigenvalue weighted by atomic mass is 9.99. The Kier molecular flexibility index (Phi) is 4.35.